The first-order valence-electron chi connectivity index (χ1n) is 20.4. The summed E-state index contributed by atoms with van der Waals surface area (Å²) in [5.41, 5.74) is 4.24. The van der Waals surface area contributed by atoms with Gasteiger partial charge in [-0.2, -0.15) is 4.58 Å². The van der Waals surface area contributed by atoms with Gasteiger partial charge >= 0.3 is 29.6 Å². The van der Waals surface area contributed by atoms with Crippen molar-refractivity contribution in [2.75, 3.05) is 42.6 Å². The molecule has 3 aliphatic rings. The number of hydrogen-bond acceptors (Lipinski definition) is 14. The molecular weight excluding hydrogens is 856 g/mol. The maximum Gasteiger partial charge on any atom is 1.00 e. The first-order valence-corrected chi connectivity index (χ1v) is 23.5. The summed E-state index contributed by atoms with van der Waals surface area (Å²) in [7, 11) is -8.83. The second-order valence-electron chi connectivity index (χ2n) is 17.0. The summed E-state index contributed by atoms with van der Waals surface area (Å²) in [6.07, 6.45) is 1.54. The summed E-state index contributed by atoms with van der Waals surface area (Å²) in [6.45, 7) is 7.36. The molecule has 17 nitrogen and oxygen atoms in total. The Kier molecular flexibility index (Phi) is 17.3. The topological polar surface area (TPSA) is 280 Å². The van der Waals surface area contributed by atoms with Gasteiger partial charge in [0.2, 0.25) is 5.69 Å². The molecule has 20 heteroatoms. The molecule has 1 saturated carbocycles. The van der Waals surface area contributed by atoms with Crippen molar-refractivity contribution in [2.45, 2.75) is 108 Å². The van der Waals surface area contributed by atoms with E-state index in [2.05, 4.69) is 15.5 Å². The van der Waals surface area contributed by atoms with E-state index >= 15 is 0 Å². The van der Waals surface area contributed by atoms with Gasteiger partial charge in [-0.3, -0.25) is 9.59 Å². The Morgan fingerprint density at radius 3 is 2.03 bits per heavy atom. The first kappa shape index (κ1) is 51.6. The van der Waals surface area contributed by atoms with Gasteiger partial charge in [0.15, 0.2) is 5.71 Å². The zero-order valence-electron chi connectivity index (χ0n) is 35.8. The van der Waals surface area contributed by atoms with Crippen LogP contribution in [0.1, 0.15) is 98.1 Å². The number of aliphatic hydroxyl groups excluding tert-OH is 5. The SMILES string of the molecule is CC1(C)C(/C=C/C=C2/N(CCCCS(=O)(=O)[O-])c3ccc(C(=O)NC4CC4)cc3C2(C)C)=[N+](CCCCS(=O)(=O)[O-])c2ccc(C(=O)NCC(O)C(O)C(O)C(O)CO)cc21.[Na+]. The minimum atomic E-state index is -4.43. The van der Waals surface area contributed by atoms with Gasteiger partial charge in [0, 0.05) is 82.7 Å². The predicted molar refractivity (Wildman–Crippen MR) is 225 cm³/mol. The Hall–Kier alpha value is -3.05. The summed E-state index contributed by atoms with van der Waals surface area (Å²) < 4.78 is 70.3. The normalized spacial score (nSPS) is 19.5. The largest absolute Gasteiger partial charge is 1.00 e. The average molecular weight is 913 g/mol. The molecule has 4 unspecified atom stereocenters. The van der Waals surface area contributed by atoms with Gasteiger partial charge < -0.3 is 50.2 Å². The maximum atomic E-state index is 13.3. The fraction of sp³-hybridized carbons (Fsp3) is 0.548. The number of nitrogens with one attached hydrogen (secondary N) is 2. The number of fused-ring (bicyclic) bond motifs is 2. The number of unbranched alkanes of at least 4 members (excludes halogenated alkanes) is 2. The predicted octanol–water partition coefficient (Wildman–Crippen LogP) is -1.99. The zero-order chi connectivity index (χ0) is 45.1. The van der Waals surface area contributed by atoms with Crippen LogP contribution in [0.4, 0.5) is 11.4 Å². The van der Waals surface area contributed by atoms with E-state index < -0.39 is 86.0 Å². The van der Waals surface area contributed by atoms with Crippen molar-refractivity contribution >= 4 is 49.1 Å². The van der Waals surface area contributed by atoms with E-state index in [9.17, 15) is 56.0 Å². The molecule has 0 aromatic heterocycles. The standard InChI is InChI=1S/C42H58N4O13S2.Na/c1-41(2)29-22-26(39(52)43-24-33(48)37(50)38(51)34(49)25-47)12-16-31(29)45(18-5-7-20-60(54,55)56)35(41)10-9-11-36-42(3,4)30-23-27(40(53)44-28-14-15-28)13-17-32(30)46(36)19-6-8-21-61(57,58)59;/h9-13,16-17,22-23,28,33-34,37-38,47-51H,5-8,14-15,18-21,24-25H2,1-4H3,(H3-,43,44,52,53,54,55,56,57,58,59);/q;+1/p-1. The third-order valence-electron chi connectivity index (χ3n) is 11.6. The summed E-state index contributed by atoms with van der Waals surface area (Å²) in [6, 6.07) is 10.7. The molecule has 0 radical (unpaired) electrons. The number of rotatable bonds is 21. The Morgan fingerprint density at radius 1 is 0.839 bits per heavy atom. The van der Waals surface area contributed by atoms with Crippen LogP contribution in [-0.2, 0) is 31.1 Å². The van der Waals surface area contributed by atoms with Crippen LogP contribution in [0.2, 0.25) is 0 Å². The van der Waals surface area contributed by atoms with Crippen molar-refractivity contribution < 1.29 is 95.2 Å². The molecule has 2 aliphatic heterocycles. The number of hydrogen-bond donors (Lipinski definition) is 7. The minimum absolute atomic E-state index is 0. The first-order chi connectivity index (χ1) is 28.5. The maximum absolute atomic E-state index is 13.3. The monoisotopic (exact) mass is 912 g/mol. The number of benzene rings is 2. The Balaban J connectivity index is 0.00000845. The van der Waals surface area contributed by atoms with Gasteiger partial charge in [-0.1, -0.05) is 19.9 Å². The van der Waals surface area contributed by atoms with E-state index in [-0.39, 0.29) is 59.9 Å². The number of carbonyl (C=O) groups is 2. The number of aliphatic hydroxyl groups is 5. The van der Waals surface area contributed by atoms with E-state index in [0.29, 0.717) is 31.5 Å². The molecule has 2 aromatic rings. The number of carbonyl (C=O) groups excluding carboxylic acids is 2. The number of amides is 2. The van der Waals surface area contributed by atoms with Crippen LogP contribution in [0.3, 0.4) is 0 Å². The summed E-state index contributed by atoms with van der Waals surface area (Å²) in [4.78, 5) is 28.4. The Labute approximate surface area is 385 Å². The van der Waals surface area contributed by atoms with Crippen LogP contribution in [0.25, 0.3) is 0 Å². The minimum Gasteiger partial charge on any atom is -0.748 e. The molecule has 0 bridgehead atoms. The molecule has 5 rings (SSSR count). The van der Waals surface area contributed by atoms with Crippen molar-refractivity contribution in [2.24, 2.45) is 0 Å². The van der Waals surface area contributed by atoms with Gasteiger partial charge in [0.1, 0.15) is 24.9 Å². The number of nitrogens with zero attached hydrogens (tertiary/aromatic N) is 2. The summed E-state index contributed by atoms with van der Waals surface area (Å²) in [5.74, 6) is -1.78. The molecule has 336 valence electrons. The Morgan fingerprint density at radius 2 is 1.42 bits per heavy atom. The van der Waals surface area contributed by atoms with Gasteiger partial charge in [-0.15, -0.1) is 0 Å². The summed E-state index contributed by atoms with van der Waals surface area (Å²) >= 11 is 0. The van der Waals surface area contributed by atoms with Crippen molar-refractivity contribution in [3.8, 4) is 0 Å². The quantitative estimate of drug-likeness (QED) is 0.0310. The number of allylic oxidation sites excluding steroid dienone is 4. The third-order valence-corrected chi connectivity index (χ3v) is 13.2. The van der Waals surface area contributed by atoms with Crippen LogP contribution < -0.4 is 45.1 Å². The van der Waals surface area contributed by atoms with E-state index in [0.717, 1.165) is 46.8 Å². The van der Waals surface area contributed by atoms with Gasteiger partial charge in [0.25, 0.3) is 11.8 Å². The molecule has 2 aromatic carbocycles. The van der Waals surface area contributed by atoms with Crippen molar-refractivity contribution in [3.63, 3.8) is 0 Å². The van der Waals surface area contributed by atoms with Crippen molar-refractivity contribution in [1.82, 2.24) is 10.6 Å². The molecular formula is C42H57N4NaO13S2. The van der Waals surface area contributed by atoms with E-state index in [4.69, 9.17) is 5.11 Å². The van der Waals surface area contributed by atoms with E-state index in [1.807, 2.05) is 62.6 Å². The van der Waals surface area contributed by atoms with Crippen LogP contribution in [0.5, 0.6) is 0 Å². The molecule has 7 N–H and O–H groups in total. The van der Waals surface area contributed by atoms with Crippen molar-refractivity contribution in [3.05, 3.63) is 82.6 Å². The van der Waals surface area contributed by atoms with Crippen LogP contribution in [0.15, 0.2) is 60.3 Å². The fourth-order valence-electron chi connectivity index (χ4n) is 7.92. The van der Waals surface area contributed by atoms with Gasteiger partial charge in [0.05, 0.1) is 38.4 Å². The fourth-order valence-corrected chi connectivity index (χ4v) is 9.04. The molecule has 1 aliphatic carbocycles. The molecule has 0 spiro atoms. The van der Waals surface area contributed by atoms with Crippen LogP contribution in [0, 0.1) is 0 Å². The molecule has 2 heterocycles. The van der Waals surface area contributed by atoms with Crippen LogP contribution in [-0.4, -0.2) is 142 Å². The average Bonchev–Trinajstić information content (AvgIpc) is 3.95. The smallest absolute Gasteiger partial charge is 0.748 e. The molecule has 1 fully saturated rings. The molecule has 0 saturated heterocycles. The van der Waals surface area contributed by atoms with E-state index in [1.165, 1.54) is 0 Å². The third kappa shape index (κ3) is 12.6. The second kappa shape index (κ2) is 20.8. The Bertz CT molecular complexity index is 2290. The number of anilines is 1. The zero-order valence-corrected chi connectivity index (χ0v) is 39.4. The van der Waals surface area contributed by atoms with Gasteiger partial charge in [-0.05, 0) is 87.9 Å². The van der Waals surface area contributed by atoms with E-state index in [1.54, 1.807) is 24.3 Å². The summed E-state index contributed by atoms with van der Waals surface area (Å²) in [5, 5.41) is 54.7. The molecule has 2 amide bonds. The molecule has 62 heavy (non-hydrogen) atoms. The second-order valence-corrected chi connectivity index (χ2v) is 20.1. The van der Waals surface area contributed by atoms with Crippen molar-refractivity contribution in [1.29, 1.82) is 0 Å². The van der Waals surface area contributed by atoms with Crippen LogP contribution >= 0.6 is 0 Å². The van der Waals surface area contributed by atoms with Gasteiger partial charge in [-0.25, -0.2) is 16.8 Å². The molecule has 4 atom stereocenters.